The van der Waals surface area contributed by atoms with Gasteiger partial charge in [0.25, 0.3) is 5.91 Å². The van der Waals surface area contributed by atoms with Crippen LogP contribution < -0.4 is 19.7 Å². The molecular formula is C38H56ClN3O5S. The highest BCUT2D eigenvalue weighted by Crippen LogP contribution is 2.42. The van der Waals surface area contributed by atoms with Gasteiger partial charge in [0.05, 0.1) is 29.8 Å². The molecule has 2 heterocycles. The Kier molecular flexibility index (Phi) is 13.6. The molecule has 0 radical (unpaired) electrons. The third-order valence-electron chi connectivity index (χ3n) is 10.8. The van der Waals surface area contributed by atoms with Crippen LogP contribution in [0.15, 0.2) is 36.4 Å². The molecule has 2 aromatic rings. The average Bonchev–Trinajstić information content (AvgIpc) is 3.45. The van der Waals surface area contributed by atoms with E-state index < -0.39 is 11.0 Å². The molecule has 1 aliphatic carbocycles. The number of fused-ring (bicyclic) bond motifs is 1. The fourth-order valence-corrected chi connectivity index (χ4v) is 8.78. The van der Waals surface area contributed by atoms with Gasteiger partial charge in [0, 0.05) is 56.4 Å². The van der Waals surface area contributed by atoms with Crippen molar-refractivity contribution in [1.29, 1.82) is 0 Å². The van der Waals surface area contributed by atoms with Crippen molar-refractivity contribution >= 4 is 34.2 Å². The molecule has 1 amide bonds. The zero-order valence-corrected chi connectivity index (χ0v) is 31.0. The summed E-state index contributed by atoms with van der Waals surface area (Å²) in [6.45, 7) is 13.0. The van der Waals surface area contributed by atoms with Crippen molar-refractivity contribution in [3.8, 4) is 5.75 Å². The van der Waals surface area contributed by atoms with E-state index in [1.807, 2.05) is 25.1 Å². The van der Waals surface area contributed by atoms with Gasteiger partial charge in [-0.2, -0.15) is 0 Å². The summed E-state index contributed by atoms with van der Waals surface area (Å²) >= 11 is 6.45. The number of benzene rings is 2. The smallest absolute Gasteiger partial charge is 0.263 e. The van der Waals surface area contributed by atoms with E-state index in [0.29, 0.717) is 24.0 Å². The third kappa shape index (κ3) is 9.13. The van der Waals surface area contributed by atoms with E-state index in [4.69, 9.17) is 25.8 Å². The predicted octanol–water partition coefficient (Wildman–Crippen LogP) is 6.91. The Morgan fingerprint density at radius 2 is 1.90 bits per heavy atom. The molecule has 0 spiro atoms. The molecule has 10 heteroatoms. The number of hydrogen-bond donors (Lipinski definition) is 2. The average molecular weight is 702 g/mol. The molecule has 2 fully saturated rings. The minimum atomic E-state index is -1.47. The maximum Gasteiger partial charge on any atom is 0.263 e. The van der Waals surface area contributed by atoms with Gasteiger partial charge in [0.15, 0.2) is 0 Å². The summed E-state index contributed by atoms with van der Waals surface area (Å²) in [6.07, 6.45) is 7.61. The molecule has 1 saturated heterocycles. The second-order valence-corrected chi connectivity index (χ2v) is 16.1. The highest BCUT2D eigenvalue weighted by Gasteiger charge is 2.36. The molecule has 266 valence electrons. The number of anilines is 1. The lowest BCUT2D eigenvalue weighted by molar-refractivity contribution is -0.0372. The second kappa shape index (κ2) is 17.7. The van der Waals surface area contributed by atoms with Crippen molar-refractivity contribution < 1.29 is 23.2 Å². The van der Waals surface area contributed by atoms with E-state index >= 15 is 0 Å². The lowest BCUT2D eigenvalue weighted by atomic mass is 9.71. The van der Waals surface area contributed by atoms with E-state index in [2.05, 4.69) is 47.8 Å². The van der Waals surface area contributed by atoms with Gasteiger partial charge in [-0.05, 0) is 98.2 Å². The van der Waals surface area contributed by atoms with Crippen LogP contribution in [0.1, 0.15) is 93.6 Å². The van der Waals surface area contributed by atoms with Crippen molar-refractivity contribution in [3.05, 3.63) is 58.1 Å². The summed E-state index contributed by atoms with van der Waals surface area (Å²) in [5, 5.41) is 4.00. The number of aryl methyl sites for hydroxylation is 1. The maximum atomic E-state index is 13.5. The number of methoxy groups -OCH3 is 1. The SMILES string of the molecule is CCCc1cc(Cl)ccc1C1COc2ccc(C(=O)NS(=O)C(C)C(C)CCC)cc2N(CC2CCC2CCOC2CNCC2OC)C1. The summed E-state index contributed by atoms with van der Waals surface area (Å²) < 4.78 is 34.3. The van der Waals surface area contributed by atoms with E-state index in [0.717, 1.165) is 81.3 Å². The fourth-order valence-electron chi connectivity index (χ4n) is 7.54. The van der Waals surface area contributed by atoms with Crippen molar-refractivity contribution in [1.82, 2.24) is 10.0 Å². The summed E-state index contributed by atoms with van der Waals surface area (Å²) in [5.74, 6) is 1.97. The van der Waals surface area contributed by atoms with Gasteiger partial charge in [-0.25, -0.2) is 4.21 Å². The van der Waals surface area contributed by atoms with Crippen LogP contribution in [-0.4, -0.2) is 74.1 Å². The zero-order valence-electron chi connectivity index (χ0n) is 29.5. The third-order valence-corrected chi connectivity index (χ3v) is 12.6. The molecule has 8 unspecified atom stereocenters. The summed E-state index contributed by atoms with van der Waals surface area (Å²) in [7, 11) is 0.283. The van der Waals surface area contributed by atoms with E-state index in [-0.39, 0.29) is 35.2 Å². The minimum Gasteiger partial charge on any atom is -0.491 e. The van der Waals surface area contributed by atoms with Gasteiger partial charge in [-0.3, -0.25) is 9.52 Å². The number of ether oxygens (including phenoxy) is 3. The molecule has 1 saturated carbocycles. The number of rotatable bonds is 16. The summed E-state index contributed by atoms with van der Waals surface area (Å²) in [5.41, 5.74) is 3.97. The van der Waals surface area contributed by atoms with Crippen LogP contribution in [0, 0.1) is 17.8 Å². The predicted molar refractivity (Wildman–Crippen MR) is 196 cm³/mol. The minimum absolute atomic E-state index is 0.109. The number of nitrogens with one attached hydrogen (secondary N) is 2. The topological polar surface area (TPSA) is 89.1 Å². The van der Waals surface area contributed by atoms with Crippen LogP contribution in [0.2, 0.25) is 5.02 Å². The van der Waals surface area contributed by atoms with Gasteiger partial charge in [0.1, 0.15) is 16.7 Å². The molecule has 8 nitrogen and oxygen atoms in total. The molecule has 48 heavy (non-hydrogen) atoms. The van der Waals surface area contributed by atoms with E-state index in [9.17, 15) is 9.00 Å². The van der Waals surface area contributed by atoms with Crippen molar-refractivity contribution in [2.75, 3.05) is 51.4 Å². The Balaban J connectivity index is 1.35. The molecule has 2 N–H and O–H groups in total. The van der Waals surface area contributed by atoms with Crippen LogP contribution in [0.4, 0.5) is 5.69 Å². The van der Waals surface area contributed by atoms with Gasteiger partial charge in [-0.1, -0.05) is 51.3 Å². The Bertz CT molecular complexity index is 1390. The van der Waals surface area contributed by atoms with Gasteiger partial charge >= 0.3 is 0 Å². The fraction of sp³-hybridized carbons (Fsp3) is 0.658. The van der Waals surface area contributed by atoms with Crippen molar-refractivity contribution in [2.45, 2.75) is 96.0 Å². The van der Waals surface area contributed by atoms with Crippen LogP contribution in [0.3, 0.4) is 0 Å². The molecule has 2 aromatic carbocycles. The van der Waals surface area contributed by atoms with Crippen molar-refractivity contribution in [3.63, 3.8) is 0 Å². The van der Waals surface area contributed by atoms with Crippen LogP contribution in [0.25, 0.3) is 0 Å². The molecule has 0 bridgehead atoms. The standard InChI is InChI=1S/C38H56ClN3O5S/c1-6-8-25(3)26(4)48(44)41-38(43)29-12-15-35-34(19-29)42(23-31(24-47-35)33-14-13-32(39)18-28(33)9-7-2)22-30-11-10-27(30)16-17-46-37-21-40-20-36(37)45-5/h12-15,18-19,25-27,30-31,36-37,40H,6-11,16-17,20-24H2,1-5H3,(H,41,43). The molecule has 8 atom stereocenters. The number of amides is 1. The number of nitrogens with zero attached hydrogens (tertiary/aromatic N) is 1. The Labute approximate surface area is 295 Å². The first-order valence-electron chi connectivity index (χ1n) is 18.1. The maximum absolute atomic E-state index is 13.5. The quantitative estimate of drug-likeness (QED) is 0.197. The molecule has 0 aromatic heterocycles. The number of hydrogen-bond acceptors (Lipinski definition) is 7. The van der Waals surface area contributed by atoms with E-state index in [1.165, 1.54) is 24.0 Å². The normalized spacial score (nSPS) is 25.7. The Morgan fingerprint density at radius 3 is 2.62 bits per heavy atom. The highest BCUT2D eigenvalue weighted by molar-refractivity contribution is 7.84. The molecular weight excluding hydrogens is 646 g/mol. The lowest BCUT2D eigenvalue weighted by Gasteiger charge is -2.41. The summed E-state index contributed by atoms with van der Waals surface area (Å²) in [4.78, 5) is 15.9. The van der Waals surface area contributed by atoms with Gasteiger partial charge in [-0.15, -0.1) is 0 Å². The first-order chi connectivity index (χ1) is 23.2. The van der Waals surface area contributed by atoms with Gasteiger partial charge in [0.2, 0.25) is 0 Å². The van der Waals surface area contributed by atoms with Crippen molar-refractivity contribution in [2.24, 2.45) is 17.8 Å². The Morgan fingerprint density at radius 1 is 1.10 bits per heavy atom. The molecule has 5 rings (SSSR count). The van der Waals surface area contributed by atoms with Crippen LogP contribution in [0.5, 0.6) is 5.75 Å². The largest absolute Gasteiger partial charge is 0.491 e. The summed E-state index contributed by atoms with van der Waals surface area (Å²) in [6, 6.07) is 11.9. The number of halogens is 1. The van der Waals surface area contributed by atoms with E-state index in [1.54, 1.807) is 13.2 Å². The first kappa shape index (κ1) is 37.1. The van der Waals surface area contributed by atoms with Gasteiger partial charge < -0.3 is 24.4 Å². The zero-order chi connectivity index (χ0) is 34.2. The lowest BCUT2D eigenvalue weighted by Crippen LogP contribution is -2.41. The van der Waals surface area contributed by atoms with Crippen LogP contribution >= 0.6 is 11.6 Å². The first-order valence-corrected chi connectivity index (χ1v) is 19.7. The molecule has 2 aliphatic heterocycles. The second-order valence-electron chi connectivity index (χ2n) is 14.1. The Hall–Kier alpha value is -2.17. The van der Waals surface area contributed by atoms with Crippen LogP contribution in [-0.2, 0) is 26.9 Å². The molecule has 3 aliphatic rings. The highest BCUT2D eigenvalue weighted by atomic mass is 35.5. The number of carbonyl (C=O) groups is 1. The number of carbonyl (C=O) groups excluding carboxylic acids is 1. The monoisotopic (exact) mass is 701 g/mol.